The van der Waals surface area contributed by atoms with E-state index in [-0.39, 0.29) is 11.3 Å². The molecule has 0 fully saturated rings. The molecule has 1 amide bonds. The maximum Gasteiger partial charge on any atom is 0.360 e. The summed E-state index contributed by atoms with van der Waals surface area (Å²) in [6.07, 6.45) is -1.03. The number of rotatable bonds is 7. The number of carbonyl (C=O) groups excluding carboxylic acids is 2. The molecule has 0 aliphatic rings. The number of amides is 1. The minimum absolute atomic E-state index is 0.0411. The molecule has 2 aromatic carbocycles. The number of carbonyl (C=O) groups is 2. The number of esters is 1. The van der Waals surface area contributed by atoms with Crippen LogP contribution in [0.2, 0.25) is 0 Å². The second-order valence-corrected chi connectivity index (χ2v) is 6.28. The van der Waals surface area contributed by atoms with E-state index in [1.807, 2.05) is 6.07 Å². The lowest BCUT2D eigenvalue weighted by atomic mass is 10.1. The second-order valence-electron chi connectivity index (χ2n) is 6.28. The summed E-state index contributed by atoms with van der Waals surface area (Å²) in [5.74, 6) is -1.24. The Kier molecular flexibility index (Phi) is 6.36. The topological polar surface area (TPSA) is 99.5 Å². The molecule has 1 aromatic heterocycles. The molecule has 0 aliphatic carbocycles. The highest BCUT2D eigenvalue weighted by Crippen LogP contribution is 2.16. The number of benzene rings is 2. The van der Waals surface area contributed by atoms with Crippen molar-refractivity contribution in [1.82, 2.24) is 15.1 Å². The molecule has 0 saturated carbocycles. The van der Waals surface area contributed by atoms with Crippen molar-refractivity contribution in [2.75, 3.05) is 20.3 Å². The molecule has 1 atom stereocenters. The van der Waals surface area contributed by atoms with E-state index in [1.165, 1.54) is 14.0 Å². The summed E-state index contributed by atoms with van der Waals surface area (Å²) in [5.41, 5.74) is 0.122. The Labute approximate surface area is 167 Å². The Morgan fingerprint density at radius 2 is 1.72 bits per heavy atom. The number of hydrogen-bond acceptors (Lipinski definition) is 6. The van der Waals surface area contributed by atoms with Gasteiger partial charge in [0.2, 0.25) is 0 Å². The fourth-order valence-corrected chi connectivity index (χ4v) is 2.77. The van der Waals surface area contributed by atoms with Crippen LogP contribution in [0.3, 0.4) is 0 Å². The molecule has 0 aliphatic heterocycles. The van der Waals surface area contributed by atoms with Crippen molar-refractivity contribution in [3.8, 4) is 5.69 Å². The number of methoxy groups -OCH3 is 1. The van der Waals surface area contributed by atoms with Gasteiger partial charge in [-0.15, -0.1) is 0 Å². The predicted molar refractivity (Wildman–Crippen MR) is 107 cm³/mol. The quantitative estimate of drug-likeness (QED) is 0.483. The third-order valence-corrected chi connectivity index (χ3v) is 4.26. The number of nitrogens with zero attached hydrogens (tertiary/aromatic N) is 2. The van der Waals surface area contributed by atoms with E-state index >= 15 is 0 Å². The molecule has 0 radical (unpaired) electrons. The van der Waals surface area contributed by atoms with E-state index in [0.717, 1.165) is 4.68 Å². The molecule has 150 valence electrons. The van der Waals surface area contributed by atoms with Crippen LogP contribution >= 0.6 is 0 Å². The molecule has 0 spiro atoms. The second kappa shape index (κ2) is 9.11. The molecule has 0 saturated heterocycles. The molecule has 8 heteroatoms. The molecule has 1 heterocycles. The van der Waals surface area contributed by atoms with E-state index in [2.05, 4.69) is 10.4 Å². The maximum absolute atomic E-state index is 12.9. The number of para-hydroxylation sites is 1. The highest BCUT2D eigenvalue weighted by atomic mass is 16.5. The summed E-state index contributed by atoms with van der Waals surface area (Å²) in [6.45, 7) is 2.12. The normalized spacial score (nSPS) is 11.8. The SMILES string of the molecule is COCCNC(=O)[C@H](C)OC(=O)c1nn(-c2ccccc2)c(=O)c2ccccc12. The molecule has 3 aromatic rings. The molecule has 0 unspecified atom stereocenters. The first-order valence-electron chi connectivity index (χ1n) is 9.08. The lowest BCUT2D eigenvalue weighted by Crippen LogP contribution is -2.37. The molecular weight excluding hydrogens is 374 g/mol. The van der Waals surface area contributed by atoms with Crippen LogP contribution < -0.4 is 10.9 Å². The lowest BCUT2D eigenvalue weighted by Gasteiger charge is -2.15. The van der Waals surface area contributed by atoms with Crippen LogP contribution in [0.25, 0.3) is 16.5 Å². The zero-order valence-corrected chi connectivity index (χ0v) is 16.1. The first kappa shape index (κ1) is 20.2. The van der Waals surface area contributed by atoms with Crippen molar-refractivity contribution in [3.63, 3.8) is 0 Å². The number of nitrogens with one attached hydrogen (secondary N) is 1. The van der Waals surface area contributed by atoms with E-state index in [1.54, 1.807) is 48.5 Å². The van der Waals surface area contributed by atoms with E-state index < -0.39 is 18.0 Å². The smallest absolute Gasteiger partial charge is 0.360 e. The average molecular weight is 395 g/mol. The summed E-state index contributed by atoms with van der Waals surface area (Å²) < 4.78 is 11.3. The predicted octanol–water partition coefficient (Wildman–Crippen LogP) is 1.69. The first-order chi connectivity index (χ1) is 14.0. The van der Waals surface area contributed by atoms with Gasteiger partial charge in [-0.25, -0.2) is 4.79 Å². The van der Waals surface area contributed by atoms with Gasteiger partial charge in [-0.3, -0.25) is 9.59 Å². The fourth-order valence-electron chi connectivity index (χ4n) is 2.77. The summed E-state index contributed by atoms with van der Waals surface area (Å²) in [7, 11) is 1.52. The standard InChI is InChI=1S/C21H21N3O5/c1-14(19(25)22-12-13-28-2)29-21(27)18-16-10-6-7-11-17(16)20(26)24(23-18)15-8-4-3-5-9-15/h3-11,14H,12-13H2,1-2H3,(H,22,25)/t14-/m0/s1. The van der Waals surface area contributed by atoms with E-state index in [9.17, 15) is 14.4 Å². The highest BCUT2D eigenvalue weighted by Gasteiger charge is 2.23. The van der Waals surface area contributed by atoms with Gasteiger partial charge in [-0.2, -0.15) is 9.78 Å². The monoisotopic (exact) mass is 395 g/mol. The van der Waals surface area contributed by atoms with Crippen LogP contribution in [0.5, 0.6) is 0 Å². The third-order valence-electron chi connectivity index (χ3n) is 4.26. The minimum atomic E-state index is -1.03. The average Bonchev–Trinajstić information content (AvgIpc) is 2.74. The maximum atomic E-state index is 12.9. The molecule has 8 nitrogen and oxygen atoms in total. The summed E-state index contributed by atoms with van der Waals surface area (Å²) >= 11 is 0. The minimum Gasteiger partial charge on any atom is -0.448 e. The van der Waals surface area contributed by atoms with Crippen LogP contribution in [0.4, 0.5) is 0 Å². The fraction of sp³-hybridized carbons (Fsp3) is 0.238. The van der Waals surface area contributed by atoms with Crippen LogP contribution in [0, 0.1) is 0 Å². The van der Waals surface area contributed by atoms with Crippen molar-refractivity contribution in [2.24, 2.45) is 0 Å². The number of ether oxygens (including phenoxy) is 2. The third kappa shape index (κ3) is 4.49. The lowest BCUT2D eigenvalue weighted by molar-refractivity contribution is -0.129. The van der Waals surface area contributed by atoms with E-state index in [4.69, 9.17) is 9.47 Å². The van der Waals surface area contributed by atoms with Crippen molar-refractivity contribution < 1.29 is 19.1 Å². The Bertz CT molecular complexity index is 1080. The Hall–Kier alpha value is -3.52. The zero-order valence-electron chi connectivity index (χ0n) is 16.1. The highest BCUT2D eigenvalue weighted by molar-refractivity contribution is 6.03. The molecular formula is C21H21N3O5. The van der Waals surface area contributed by atoms with Gasteiger partial charge in [0, 0.05) is 19.0 Å². The zero-order chi connectivity index (χ0) is 20.8. The van der Waals surface area contributed by atoms with Crippen molar-refractivity contribution in [1.29, 1.82) is 0 Å². The van der Waals surface area contributed by atoms with Crippen molar-refractivity contribution in [2.45, 2.75) is 13.0 Å². The van der Waals surface area contributed by atoms with Gasteiger partial charge in [0.05, 0.1) is 17.7 Å². The molecule has 0 bridgehead atoms. The summed E-state index contributed by atoms with van der Waals surface area (Å²) in [4.78, 5) is 37.7. The largest absolute Gasteiger partial charge is 0.448 e. The number of hydrogen-bond donors (Lipinski definition) is 1. The first-order valence-corrected chi connectivity index (χ1v) is 9.08. The van der Waals surface area contributed by atoms with Crippen LogP contribution in [0.15, 0.2) is 59.4 Å². The van der Waals surface area contributed by atoms with Gasteiger partial charge >= 0.3 is 5.97 Å². The van der Waals surface area contributed by atoms with Gasteiger partial charge in [0.25, 0.3) is 11.5 Å². The van der Waals surface area contributed by atoms with Gasteiger partial charge in [-0.05, 0) is 25.1 Å². The molecule has 3 rings (SSSR count). The van der Waals surface area contributed by atoms with Crippen LogP contribution in [-0.2, 0) is 14.3 Å². The van der Waals surface area contributed by atoms with Gasteiger partial charge in [0.15, 0.2) is 11.8 Å². The van der Waals surface area contributed by atoms with Gasteiger partial charge in [0.1, 0.15) is 0 Å². The summed E-state index contributed by atoms with van der Waals surface area (Å²) in [6, 6.07) is 15.4. The Morgan fingerprint density at radius 3 is 2.41 bits per heavy atom. The van der Waals surface area contributed by atoms with Crippen molar-refractivity contribution >= 4 is 22.6 Å². The van der Waals surface area contributed by atoms with E-state index in [0.29, 0.717) is 29.6 Å². The number of aromatic nitrogens is 2. The van der Waals surface area contributed by atoms with Crippen LogP contribution in [0.1, 0.15) is 17.4 Å². The van der Waals surface area contributed by atoms with Crippen LogP contribution in [-0.4, -0.2) is 48.0 Å². The molecule has 1 N–H and O–H groups in total. The van der Waals surface area contributed by atoms with Crippen molar-refractivity contribution in [3.05, 3.63) is 70.6 Å². The number of fused-ring (bicyclic) bond motifs is 1. The summed E-state index contributed by atoms with van der Waals surface area (Å²) in [5, 5.41) is 7.54. The Balaban J connectivity index is 1.96. The molecule has 29 heavy (non-hydrogen) atoms. The van der Waals surface area contributed by atoms with Gasteiger partial charge in [-0.1, -0.05) is 36.4 Å². The van der Waals surface area contributed by atoms with Gasteiger partial charge < -0.3 is 14.8 Å². The Morgan fingerprint density at radius 1 is 1.07 bits per heavy atom.